The van der Waals surface area contributed by atoms with Crippen molar-refractivity contribution in [2.45, 2.75) is 31.3 Å². The number of rotatable bonds is 4. The van der Waals surface area contributed by atoms with Crippen LogP contribution in [0.4, 0.5) is 0 Å². The van der Waals surface area contributed by atoms with Crippen molar-refractivity contribution in [2.75, 3.05) is 6.54 Å². The van der Waals surface area contributed by atoms with Gasteiger partial charge in [-0.3, -0.25) is 9.59 Å². The summed E-state index contributed by atoms with van der Waals surface area (Å²) in [6.07, 6.45) is 2.14. The molecular formula is C21H22N2O2. The van der Waals surface area contributed by atoms with Crippen LogP contribution >= 0.6 is 0 Å². The van der Waals surface area contributed by atoms with Gasteiger partial charge in [0.15, 0.2) is 0 Å². The van der Waals surface area contributed by atoms with Crippen molar-refractivity contribution in [3.63, 3.8) is 0 Å². The predicted octanol–water partition coefficient (Wildman–Crippen LogP) is 2.19. The van der Waals surface area contributed by atoms with Crippen LogP contribution in [-0.4, -0.2) is 35.3 Å². The molecule has 128 valence electrons. The second-order valence-corrected chi connectivity index (χ2v) is 6.97. The van der Waals surface area contributed by atoms with Gasteiger partial charge in [0.1, 0.15) is 6.04 Å². The summed E-state index contributed by atoms with van der Waals surface area (Å²) in [5.74, 6) is 0.0665. The summed E-state index contributed by atoms with van der Waals surface area (Å²) >= 11 is 0. The lowest BCUT2D eigenvalue weighted by Gasteiger charge is -2.37. The zero-order valence-corrected chi connectivity index (χ0v) is 14.1. The molecule has 0 aliphatic carbocycles. The Labute approximate surface area is 147 Å². The number of benzene rings is 2. The highest BCUT2D eigenvalue weighted by Gasteiger charge is 2.47. The van der Waals surface area contributed by atoms with E-state index in [1.807, 2.05) is 53.4 Å². The summed E-state index contributed by atoms with van der Waals surface area (Å²) in [5.41, 5.74) is 2.27. The monoisotopic (exact) mass is 334 g/mol. The molecule has 0 aromatic heterocycles. The summed E-state index contributed by atoms with van der Waals surface area (Å²) < 4.78 is 0. The molecule has 2 fully saturated rings. The van der Waals surface area contributed by atoms with Crippen LogP contribution in [0, 0.1) is 5.92 Å². The second-order valence-electron chi connectivity index (χ2n) is 6.97. The molecule has 4 nitrogen and oxygen atoms in total. The number of nitrogens with one attached hydrogen (secondary N) is 1. The van der Waals surface area contributed by atoms with Gasteiger partial charge in [0, 0.05) is 18.9 Å². The number of hydrogen-bond donors (Lipinski definition) is 1. The van der Waals surface area contributed by atoms with Gasteiger partial charge >= 0.3 is 0 Å². The van der Waals surface area contributed by atoms with Crippen molar-refractivity contribution in [2.24, 2.45) is 5.92 Å². The molecule has 2 heterocycles. The van der Waals surface area contributed by atoms with Crippen LogP contribution in [0.15, 0.2) is 60.7 Å². The molecule has 0 spiro atoms. The highest BCUT2D eigenvalue weighted by atomic mass is 16.2. The van der Waals surface area contributed by atoms with Gasteiger partial charge in [0.25, 0.3) is 0 Å². The first-order valence-electron chi connectivity index (χ1n) is 8.90. The topological polar surface area (TPSA) is 49.4 Å². The summed E-state index contributed by atoms with van der Waals surface area (Å²) in [6.45, 7) is 0.571. The van der Waals surface area contributed by atoms with Crippen molar-refractivity contribution in [1.82, 2.24) is 10.2 Å². The summed E-state index contributed by atoms with van der Waals surface area (Å²) in [4.78, 5) is 27.3. The van der Waals surface area contributed by atoms with Gasteiger partial charge < -0.3 is 10.2 Å². The van der Waals surface area contributed by atoms with E-state index in [0.717, 1.165) is 18.4 Å². The number of amides is 2. The molecule has 4 heteroatoms. The molecule has 2 saturated heterocycles. The van der Waals surface area contributed by atoms with Crippen molar-refractivity contribution in [3.05, 3.63) is 71.8 Å². The Morgan fingerprint density at radius 1 is 0.880 bits per heavy atom. The fraction of sp³-hybridized carbons (Fsp3) is 0.333. The SMILES string of the molecule is O=C1NC[C@H]2C[C@@H](Cc3ccccc3)C(=O)N2[C@H]1Cc1ccccc1. The first-order valence-corrected chi connectivity index (χ1v) is 8.90. The summed E-state index contributed by atoms with van der Waals surface area (Å²) in [6, 6.07) is 19.8. The number of hydrogen-bond acceptors (Lipinski definition) is 2. The van der Waals surface area contributed by atoms with Gasteiger partial charge in [-0.05, 0) is 24.0 Å². The molecule has 0 bridgehead atoms. The lowest BCUT2D eigenvalue weighted by atomic mass is 9.96. The third kappa shape index (κ3) is 3.16. The van der Waals surface area contributed by atoms with E-state index in [-0.39, 0.29) is 23.8 Å². The largest absolute Gasteiger partial charge is 0.352 e. The fourth-order valence-electron chi connectivity index (χ4n) is 4.08. The summed E-state index contributed by atoms with van der Waals surface area (Å²) in [7, 11) is 0. The van der Waals surface area contributed by atoms with E-state index in [1.54, 1.807) is 0 Å². The van der Waals surface area contributed by atoms with Crippen LogP contribution in [0.1, 0.15) is 17.5 Å². The standard InChI is InChI=1S/C21H22N2O2/c24-20-19(12-16-9-5-2-6-10-16)23-18(14-22-20)13-17(21(23)25)11-15-7-3-1-4-8-15/h1-10,17-19H,11-14H2,(H,22,24)/t17-,18-,19+/m1/s1. The fourth-order valence-corrected chi connectivity index (χ4v) is 4.08. The van der Waals surface area contributed by atoms with E-state index in [9.17, 15) is 9.59 Å². The molecule has 0 saturated carbocycles. The first-order chi connectivity index (χ1) is 12.2. The van der Waals surface area contributed by atoms with Gasteiger partial charge in [0.05, 0.1) is 6.04 Å². The zero-order chi connectivity index (χ0) is 17.2. The van der Waals surface area contributed by atoms with Crippen LogP contribution in [0.3, 0.4) is 0 Å². The Balaban J connectivity index is 1.54. The van der Waals surface area contributed by atoms with Gasteiger partial charge in [-0.15, -0.1) is 0 Å². The normalized spacial score (nSPS) is 25.6. The molecule has 0 unspecified atom stereocenters. The minimum atomic E-state index is -0.394. The van der Waals surface area contributed by atoms with Gasteiger partial charge in [-0.1, -0.05) is 60.7 Å². The molecule has 2 aliphatic rings. The van der Waals surface area contributed by atoms with Gasteiger partial charge in [0.2, 0.25) is 11.8 Å². The van der Waals surface area contributed by atoms with Crippen molar-refractivity contribution in [3.8, 4) is 0 Å². The molecule has 1 N–H and O–H groups in total. The van der Waals surface area contributed by atoms with Crippen LogP contribution in [-0.2, 0) is 22.4 Å². The average molecular weight is 334 g/mol. The Bertz CT molecular complexity index is 760. The molecule has 2 amide bonds. The minimum Gasteiger partial charge on any atom is -0.352 e. The van der Waals surface area contributed by atoms with E-state index in [1.165, 1.54) is 5.56 Å². The highest BCUT2D eigenvalue weighted by Crippen LogP contribution is 2.32. The predicted molar refractivity (Wildman–Crippen MR) is 95.8 cm³/mol. The second kappa shape index (κ2) is 6.71. The number of piperazine rings is 1. The Morgan fingerprint density at radius 2 is 1.48 bits per heavy atom. The van der Waals surface area contributed by atoms with E-state index in [0.29, 0.717) is 13.0 Å². The average Bonchev–Trinajstić information content (AvgIpc) is 2.95. The van der Waals surface area contributed by atoms with E-state index < -0.39 is 6.04 Å². The van der Waals surface area contributed by atoms with Crippen molar-refractivity contribution in [1.29, 1.82) is 0 Å². The number of fused-ring (bicyclic) bond motifs is 1. The van der Waals surface area contributed by atoms with E-state index >= 15 is 0 Å². The third-order valence-corrected chi connectivity index (χ3v) is 5.30. The summed E-state index contributed by atoms with van der Waals surface area (Å²) in [5, 5.41) is 3.00. The number of carbonyl (C=O) groups is 2. The number of nitrogens with zero attached hydrogens (tertiary/aromatic N) is 1. The Kier molecular flexibility index (Phi) is 4.26. The smallest absolute Gasteiger partial charge is 0.243 e. The molecule has 4 rings (SSSR count). The Hall–Kier alpha value is -2.62. The van der Waals surface area contributed by atoms with Crippen LogP contribution < -0.4 is 5.32 Å². The molecule has 0 radical (unpaired) electrons. The third-order valence-electron chi connectivity index (χ3n) is 5.30. The van der Waals surface area contributed by atoms with E-state index in [4.69, 9.17) is 0 Å². The first kappa shape index (κ1) is 15.9. The van der Waals surface area contributed by atoms with Gasteiger partial charge in [-0.25, -0.2) is 0 Å². The van der Waals surface area contributed by atoms with Crippen molar-refractivity contribution >= 4 is 11.8 Å². The minimum absolute atomic E-state index is 0.0293. The highest BCUT2D eigenvalue weighted by molar-refractivity contribution is 5.91. The van der Waals surface area contributed by atoms with Gasteiger partial charge in [-0.2, -0.15) is 0 Å². The quantitative estimate of drug-likeness (QED) is 0.932. The molecule has 2 aromatic rings. The van der Waals surface area contributed by atoms with Crippen LogP contribution in [0.2, 0.25) is 0 Å². The maximum absolute atomic E-state index is 13.0. The van der Waals surface area contributed by atoms with Crippen LogP contribution in [0.25, 0.3) is 0 Å². The molecule has 25 heavy (non-hydrogen) atoms. The lowest BCUT2D eigenvalue weighted by molar-refractivity contribution is -0.143. The Morgan fingerprint density at radius 3 is 2.12 bits per heavy atom. The maximum Gasteiger partial charge on any atom is 0.243 e. The zero-order valence-electron chi connectivity index (χ0n) is 14.1. The molecular weight excluding hydrogens is 312 g/mol. The molecule has 3 atom stereocenters. The van der Waals surface area contributed by atoms with Crippen LogP contribution in [0.5, 0.6) is 0 Å². The molecule has 2 aliphatic heterocycles. The van der Waals surface area contributed by atoms with E-state index in [2.05, 4.69) is 17.4 Å². The van der Waals surface area contributed by atoms with Crippen molar-refractivity contribution < 1.29 is 9.59 Å². The lowest BCUT2D eigenvalue weighted by Crippen LogP contribution is -2.60. The number of carbonyl (C=O) groups excluding carboxylic acids is 2. The molecule has 2 aromatic carbocycles. The maximum atomic E-state index is 13.0.